The minimum absolute atomic E-state index is 0.142. The summed E-state index contributed by atoms with van der Waals surface area (Å²) < 4.78 is 13.1. The SMILES string of the molecule is N#Cc1cc(F)ccc1NC(=O)N1CCN(C2CCCC2)CC1. The van der Waals surface area contributed by atoms with Crippen LogP contribution in [-0.4, -0.2) is 48.1 Å². The first-order chi connectivity index (χ1) is 11.2. The van der Waals surface area contributed by atoms with E-state index in [1.54, 1.807) is 4.90 Å². The van der Waals surface area contributed by atoms with Crippen molar-refractivity contribution in [1.82, 2.24) is 9.80 Å². The van der Waals surface area contributed by atoms with Crippen LogP contribution >= 0.6 is 0 Å². The quantitative estimate of drug-likeness (QED) is 0.912. The second kappa shape index (κ2) is 6.97. The number of nitrogens with one attached hydrogen (secondary N) is 1. The van der Waals surface area contributed by atoms with Crippen LogP contribution in [0.25, 0.3) is 0 Å². The molecule has 23 heavy (non-hydrogen) atoms. The minimum Gasteiger partial charge on any atom is -0.322 e. The fourth-order valence-corrected chi connectivity index (χ4v) is 3.47. The van der Waals surface area contributed by atoms with Crippen molar-refractivity contribution in [3.8, 4) is 6.07 Å². The standard InChI is InChI=1S/C17H21FN4O/c18-14-5-6-16(13(11-14)12-19)20-17(23)22-9-7-21(8-10-22)15-3-1-2-4-15/h5-6,11,15H,1-4,7-10H2,(H,20,23). The lowest BCUT2D eigenvalue weighted by molar-refractivity contribution is 0.115. The van der Waals surface area contributed by atoms with E-state index in [-0.39, 0.29) is 11.6 Å². The average molecular weight is 316 g/mol. The summed E-state index contributed by atoms with van der Waals surface area (Å²) in [5.74, 6) is -0.482. The van der Waals surface area contributed by atoms with Crippen LogP contribution in [0.15, 0.2) is 18.2 Å². The summed E-state index contributed by atoms with van der Waals surface area (Å²) in [5.41, 5.74) is 0.500. The Balaban J connectivity index is 1.56. The van der Waals surface area contributed by atoms with Crippen LogP contribution in [0.4, 0.5) is 14.9 Å². The lowest BCUT2D eigenvalue weighted by Gasteiger charge is -2.38. The molecular weight excluding hydrogens is 295 g/mol. The number of carbonyl (C=O) groups is 1. The maximum absolute atomic E-state index is 13.1. The van der Waals surface area contributed by atoms with Gasteiger partial charge < -0.3 is 10.2 Å². The Morgan fingerprint density at radius 2 is 1.91 bits per heavy atom. The van der Waals surface area contributed by atoms with Crippen LogP contribution in [0.2, 0.25) is 0 Å². The van der Waals surface area contributed by atoms with Crippen molar-refractivity contribution < 1.29 is 9.18 Å². The predicted molar refractivity (Wildman–Crippen MR) is 85.5 cm³/mol. The fourth-order valence-electron chi connectivity index (χ4n) is 3.47. The van der Waals surface area contributed by atoms with Crippen LogP contribution in [0.3, 0.4) is 0 Å². The zero-order valence-electron chi connectivity index (χ0n) is 13.1. The molecule has 2 fully saturated rings. The molecule has 0 unspecified atom stereocenters. The molecule has 1 aromatic carbocycles. The number of hydrogen-bond donors (Lipinski definition) is 1. The third kappa shape index (κ3) is 3.62. The Kier molecular flexibility index (Phi) is 4.77. The molecule has 1 heterocycles. The molecule has 0 radical (unpaired) electrons. The molecule has 2 aliphatic rings. The summed E-state index contributed by atoms with van der Waals surface area (Å²) >= 11 is 0. The van der Waals surface area contributed by atoms with Crippen molar-refractivity contribution in [2.75, 3.05) is 31.5 Å². The Morgan fingerprint density at radius 1 is 1.22 bits per heavy atom. The van der Waals surface area contributed by atoms with Gasteiger partial charge in [-0.2, -0.15) is 5.26 Å². The smallest absolute Gasteiger partial charge is 0.321 e. The van der Waals surface area contributed by atoms with E-state index in [1.807, 2.05) is 6.07 Å². The minimum atomic E-state index is -0.482. The zero-order chi connectivity index (χ0) is 16.2. The zero-order valence-corrected chi connectivity index (χ0v) is 13.1. The van der Waals surface area contributed by atoms with Crippen LogP contribution in [0.5, 0.6) is 0 Å². The number of anilines is 1. The lowest BCUT2D eigenvalue weighted by Crippen LogP contribution is -2.52. The van der Waals surface area contributed by atoms with E-state index in [4.69, 9.17) is 5.26 Å². The van der Waals surface area contributed by atoms with Crippen LogP contribution in [0.1, 0.15) is 31.2 Å². The third-order valence-corrected chi connectivity index (χ3v) is 4.79. The molecule has 5 nitrogen and oxygen atoms in total. The topological polar surface area (TPSA) is 59.4 Å². The molecular formula is C17H21FN4O. The molecule has 0 aromatic heterocycles. The van der Waals surface area contributed by atoms with Gasteiger partial charge in [0.25, 0.3) is 0 Å². The molecule has 3 rings (SSSR count). The third-order valence-electron chi connectivity index (χ3n) is 4.79. The molecule has 6 heteroatoms. The molecule has 1 saturated heterocycles. The van der Waals surface area contributed by atoms with E-state index < -0.39 is 5.82 Å². The highest BCUT2D eigenvalue weighted by atomic mass is 19.1. The Bertz CT molecular complexity index is 614. The second-order valence-corrected chi connectivity index (χ2v) is 6.19. The van der Waals surface area contributed by atoms with Crippen molar-refractivity contribution in [3.63, 3.8) is 0 Å². The molecule has 1 N–H and O–H groups in total. The largest absolute Gasteiger partial charge is 0.322 e. The Morgan fingerprint density at radius 3 is 2.57 bits per heavy atom. The highest BCUT2D eigenvalue weighted by molar-refractivity contribution is 5.90. The van der Waals surface area contributed by atoms with E-state index in [1.165, 1.54) is 37.8 Å². The summed E-state index contributed by atoms with van der Waals surface area (Å²) in [7, 11) is 0. The van der Waals surface area contributed by atoms with Gasteiger partial charge in [-0.05, 0) is 31.0 Å². The van der Waals surface area contributed by atoms with E-state index in [2.05, 4.69) is 10.2 Å². The van der Waals surface area contributed by atoms with Gasteiger partial charge in [-0.1, -0.05) is 12.8 Å². The van der Waals surface area contributed by atoms with Crippen molar-refractivity contribution >= 4 is 11.7 Å². The van der Waals surface area contributed by atoms with Crippen LogP contribution < -0.4 is 5.32 Å². The van der Waals surface area contributed by atoms with Crippen molar-refractivity contribution in [1.29, 1.82) is 5.26 Å². The normalized spacial score (nSPS) is 19.6. The van der Waals surface area contributed by atoms with Crippen molar-refractivity contribution in [3.05, 3.63) is 29.6 Å². The monoisotopic (exact) mass is 316 g/mol. The number of carbonyl (C=O) groups excluding carboxylic acids is 1. The first-order valence-electron chi connectivity index (χ1n) is 8.17. The second-order valence-electron chi connectivity index (χ2n) is 6.19. The maximum atomic E-state index is 13.1. The van der Waals surface area contributed by atoms with Crippen LogP contribution in [0, 0.1) is 17.1 Å². The van der Waals surface area contributed by atoms with Gasteiger partial charge in [-0.15, -0.1) is 0 Å². The maximum Gasteiger partial charge on any atom is 0.321 e. The molecule has 0 spiro atoms. The van der Waals surface area contributed by atoms with Crippen molar-refractivity contribution in [2.24, 2.45) is 0 Å². The molecule has 1 aliphatic heterocycles. The van der Waals surface area contributed by atoms with Gasteiger partial charge in [0.1, 0.15) is 11.9 Å². The van der Waals surface area contributed by atoms with Gasteiger partial charge in [-0.3, -0.25) is 4.90 Å². The van der Waals surface area contributed by atoms with Gasteiger partial charge in [-0.25, -0.2) is 9.18 Å². The highest BCUT2D eigenvalue weighted by Crippen LogP contribution is 2.24. The fraction of sp³-hybridized carbons (Fsp3) is 0.529. The molecule has 1 aromatic rings. The van der Waals surface area contributed by atoms with E-state index in [0.29, 0.717) is 24.8 Å². The van der Waals surface area contributed by atoms with Gasteiger partial charge in [0.05, 0.1) is 11.3 Å². The number of benzene rings is 1. The first kappa shape index (κ1) is 15.8. The predicted octanol–water partition coefficient (Wildman–Crippen LogP) is 2.79. The number of halogens is 1. The number of nitriles is 1. The number of rotatable bonds is 2. The van der Waals surface area contributed by atoms with Gasteiger partial charge >= 0.3 is 6.03 Å². The van der Waals surface area contributed by atoms with E-state index in [9.17, 15) is 9.18 Å². The number of urea groups is 1. The number of nitrogens with zero attached hydrogens (tertiary/aromatic N) is 3. The molecule has 2 amide bonds. The molecule has 0 bridgehead atoms. The van der Waals surface area contributed by atoms with Crippen LogP contribution in [-0.2, 0) is 0 Å². The lowest BCUT2D eigenvalue weighted by atomic mass is 10.2. The Labute approximate surface area is 135 Å². The first-order valence-corrected chi connectivity index (χ1v) is 8.17. The summed E-state index contributed by atoms with van der Waals surface area (Å²) in [4.78, 5) is 16.6. The Hall–Kier alpha value is -2.13. The van der Waals surface area contributed by atoms with Crippen molar-refractivity contribution in [2.45, 2.75) is 31.7 Å². The van der Waals surface area contributed by atoms with E-state index in [0.717, 1.165) is 19.2 Å². The van der Waals surface area contributed by atoms with Gasteiger partial charge in [0.2, 0.25) is 0 Å². The molecule has 1 aliphatic carbocycles. The summed E-state index contributed by atoms with van der Waals surface area (Å²) in [5, 5.41) is 11.8. The van der Waals surface area contributed by atoms with E-state index >= 15 is 0 Å². The van der Waals surface area contributed by atoms with Gasteiger partial charge in [0.15, 0.2) is 0 Å². The molecule has 0 atom stereocenters. The molecule has 122 valence electrons. The molecule has 1 saturated carbocycles. The number of piperazine rings is 1. The average Bonchev–Trinajstić information content (AvgIpc) is 3.11. The number of amides is 2. The summed E-state index contributed by atoms with van der Waals surface area (Å²) in [6, 6.07) is 6.18. The summed E-state index contributed by atoms with van der Waals surface area (Å²) in [6.07, 6.45) is 5.17. The highest BCUT2D eigenvalue weighted by Gasteiger charge is 2.28. The van der Waals surface area contributed by atoms with Gasteiger partial charge in [0, 0.05) is 32.2 Å². The summed E-state index contributed by atoms with van der Waals surface area (Å²) in [6.45, 7) is 3.16. The number of hydrogen-bond acceptors (Lipinski definition) is 3.